The minimum Gasteiger partial charge on any atom is -0.451 e. The summed E-state index contributed by atoms with van der Waals surface area (Å²) in [4.78, 5) is 12.0. The second-order valence-corrected chi connectivity index (χ2v) is 5.96. The number of hydrogen-bond donors (Lipinski definition) is 2. The lowest BCUT2D eigenvalue weighted by Crippen LogP contribution is -2.42. The molecule has 0 aliphatic carbocycles. The van der Waals surface area contributed by atoms with Crippen molar-refractivity contribution < 1.29 is 14.3 Å². The monoisotopic (exact) mass is 277 g/mol. The van der Waals surface area contributed by atoms with E-state index in [4.69, 9.17) is 4.42 Å². The van der Waals surface area contributed by atoms with E-state index in [9.17, 15) is 9.90 Å². The van der Waals surface area contributed by atoms with Gasteiger partial charge in [-0.05, 0) is 24.3 Å². The number of rotatable bonds is 3. The van der Waals surface area contributed by atoms with E-state index < -0.39 is 5.60 Å². The Morgan fingerprint density at radius 3 is 3.05 bits per heavy atom. The molecule has 0 saturated carbocycles. The first-order valence-electron chi connectivity index (χ1n) is 6.23. The molecule has 0 bridgehead atoms. The second-order valence-electron chi connectivity index (χ2n) is 4.86. The third-order valence-electron chi connectivity index (χ3n) is 3.31. The molecule has 19 heavy (non-hydrogen) atoms. The van der Waals surface area contributed by atoms with Gasteiger partial charge in [-0.3, -0.25) is 4.79 Å². The van der Waals surface area contributed by atoms with Crippen molar-refractivity contribution in [3.05, 3.63) is 36.1 Å². The summed E-state index contributed by atoms with van der Waals surface area (Å²) in [5.41, 5.74) is -0.0745. The highest BCUT2D eigenvalue weighted by atomic mass is 32.2. The SMILES string of the molecule is O=C(NCC1(O)CCSC1)c1cc2ccccc2o1. The fraction of sp³-hybridized carbons (Fsp3) is 0.357. The van der Waals surface area contributed by atoms with Gasteiger partial charge in [0.1, 0.15) is 5.58 Å². The molecule has 1 aliphatic rings. The van der Waals surface area contributed by atoms with Crippen molar-refractivity contribution in [2.45, 2.75) is 12.0 Å². The quantitative estimate of drug-likeness (QED) is 0.901. The Kier molecular flexibility index (Phi) is 3.24. The number of nitrogens with one attached hydrogen (secondary N) is 1. The summed E-state index contributed by atoms with van der Waals surface area (Å²) in [6.45, 7) is 0.274. The lowest BCUT2D eigenvalue weighted by molar-refractivity contribution is 0.0603. The average Bonchev–Trinajstić information content (AvgIpc) is 3.02. The fourth-order valence-corrected chi connectivity index (χ4v) is 3.46. The van der Waals surface area contributed by atoms with Gasteiger partial charge in [-0.25, -0.2) is 0 Å². The van der Waals surface area contributed by atoms with Crippen LogP contribution < -0.4 is 5.32 Å². The molecule has 1 saturated heterocycles. The smallest absolute Gasteiger partial charge is 0.287 e. The second kappa shape index (κ2) is 4.90. The van der Waals surface area contributed by atoms with Crippen LogP contribution in [0, 0.1) is 0 Å². The average molecular weight is 277 g/mol. The van der Waals surface area contributed by atoms with E-state index in [1.807, 2.05) is 24.3 Å². The number of aliphatic hydroxyl groups is 1. The van der Waals surface area contributed by atoms with Gasteiger partial charge in [0.05, 0.1) is 5.60 Å². The highest BCUT2D eigenvalue weighted by molar-refractivity contribution is 7.99. The molecular formula is C14H15NO3S. The Hall–Kier alpha value is -1.46. The minimum atomic E-state index is -0.771. The lowest BCUT2D eigenvalue weighted by atomic mass is 10.0. The van der Waals surface area contributed by atoms with Crippen LogP contribution in [0.25, 0.3) is 11.0 Å². The molecule has 1 aromatic carbocycles. The van der Waals surface area contributed by atoms with Gasteiger partial charge < -0.3 is 14.8 Å². The molecule has 5 heteroatoms. The van der Waals surface area contributed by atoms with Crippen LogP contribution in [0.5, 0.6) is 0 Å². The number of para-hydroxylation sites is 1. The summed E-state index contributed by atoms with van der Waals surface area (Å²) in [6, 6.07) is 9.21. The molecule has 3 rings (SSSR count). The maximum absolute atomic E-state index is 12.0. The van der Waals surface area contributed by atoms with Crippen LogP contribution in [0.15, 0.2) is 34.7 Å². The van der Waals surface area contributed by atoms with Crippen LogP contribution in [-0.2, 0) is 0 Å². The molecule has 0 radical (unpaired) electrons. The van der Waals surface area contributed by atoms with Crippen LogP contribution >= 0.6 is 11.8 Å². The summed E-state index contributed by atoms with van der Waals surface area (Å²) in [6.07, 6.45) is 0.720. The molecule has 2 aromatic rings. The molecule has 0 spiro atoms. The molecule has 1 unspecified atom stereocenters. The maximum Gasteiger partial charge on any atom is 0.287 e. The number of thioether (sulfide) groups is 1. The molecule has 2 heterocycles. The van der Waals surface area contributed by atoms with Crippen molar-refractivity contribution >= 4 is 28.6 Å². The van der Waals surface area contributed by atoms with Crippen LogP contribution in [0.2, 0.25) is 0 Å². The summed E-state index contributed by atoms with van der Waals surface area (Å²) in [5, 5.41) is 13.8. The number of furan rings is 1. The molecule has 100 valence electrons. The number of fused-ring (bicyclic) bond motifs is 1. The van der Waals surface area contributed by atoms with Crippen molar-refractivity contribution in [1.82, 2.24) is 5.32 Å². The lowest BCUT2D eigenvalue weighted by Gasteiger charge is -2.20. The highest BCUT2D eigenvalue weighted by Gasteiger charge is 2.32. The summed E-state index contributed by atoms with van der Waals surface area (Å²) >= 11 is 1.71. The Labute approximate surface area is 115 Å². The first-order valence-corrected chi connectivity index (χ1v) is 7.39. The first kappa shape index (κ1) is 12.6. The van der Waals surface area contributed by atoms with E-state index in [1.54, 1.807) is 17.8 Å². The minimum absolute atomic E-state index is 0.274. The summed E-state index contributed by atoms with van der Waals surface area (Å²) in [5.74, 6) is 1.63. The van der Waals surface area contributed by atoms with Crippen molar-refractivity contribution in [1.29, 1.82) is 0 Å². The van der Waals surface area contributed by atoms with E-state index in [0.29, 0.717) is 11.3 Å². The topological polar surface area (TPSA) is 62.5 Å². The zero-order valence-corrected chi connectivity index (χ0v) is 11.2. The van der Waals surface area contributed by atoms with E-state index in [0.717, 1.165) is 17.6 Å². The van der Waals surface area contributed by atoms with Gasteiger partial charge in [0.15, 0.2) is 5.76 Å². The highest BCUT2D eigenvalue weighted by Crippen LogP contribution is 2.27. The Balaban J connectivity index is 1.69. The van der Waals surface area contributed by atoms with Crippen LogP contribution in [0.1, 0.15) is 17.0 Å². The largest absolute Gasteiger partial charge is 0.451 e. The summed E-state index contributed by atoms with van der Waals surface area (Å²) < 4.78 is 5.48. The van der Waals surface area contributed by atoms with E-state index >= 15 is 0 Å². The van der Waals surface area contributed by atoms with Gasteiger partial charge in [-0.1, -0.05) is 18.2 Å². The zero-order chi connectivity index (χ0) is 13.3. The number of benzene rings is 1. The van der Waals surface area contributed by atoms with Gasteiger partial charge in [0.25, 0.3) is 5.91 Å². The molecule has 1 fully saturated rings. The maximum atomic E-state index is 12.0. The predicted molar refractivity (Wildman–Crippen MR) is 75.4 cm³/mol. The number of carbonyl (C=O) groups is 1. The molecular weight excluding hydrogens is 262 g/mol. The molecule has 2 N–H and O–H groups in total. The van der Waals surface area contributed by atoms with Crippen molar-refractivity contribution in [3.63, 3.8) is 0 Å². The molecule has 4 nitrogen and oxygen atoms in total. The molecule has 1 aromatic heterocycles. The molecule has 1 atom stereocenters. The number of amides is 1. The van der Waals surface area contributed by atoms with Gasteiger partial charge >= 0.3 is 0 Å². The molecule has 1 amide bonds. The predicted octanol–water partition coefficient (Wildman–Crippen LogP) is 2.03. The zero-order valence-electron chi connectivity index (χ0n) is 10.4. The number of carbonyl (C=O) groups excluding carboxylic acids is 1. The molecule has 1 aliphatic heterocycles. The van der Waals surface area contributed by atoms with Gasteiger partial charge in [-0.2, -0.15) is 11.8 Å². The van der Waals surface area contributed by atoms with E-state index in [1.165, 1.54) is 0 Å². The van der Waals surface area contributed by atoms with Crippen molar-refractivity contribution in [2.24, 2.45) is 0 Å². The van der Waals surface area contributed by atoms with Gasteiger partial charge in [0, 0.05) is 17.7 Å². The van der Waals surface area contributed by atoms with Crippen LogP contribution in [0.3, 0.4) is 0 Å². The van der Waals surface area contributed by atoms with E-state index in [-0.39, 0.29) is 18.2 Å². The first-order chi connectivity index (χ1) is 9.16. The third-order valence-corrected chi connectivity index (χ3v) is 4.54. The van der Waals surface area contributed by atoms with Crippen LogP contribution in [-0.4, -0.2) is 34.7 Å². The summed E-state index contributed by atoms with van der Waals surface area (Å²) in [7, 11) is 0. The third kappa shape index (κ3) is 2.62. The Morgan fingerprint density at radius 2 is 2.32 bits per heavy atom. The van der Waals surface area contributed by atoms with E-state index in [2.05, 4.69) is 5.32 Å². The van der Waals surface area contributed by atoms with Crippen molar-refractivity contribution in [3.8, 4) is 0 Å². The normalized spacial score (nSPS) is 22.8. The van der Waals surface area contributed by atoms with Gasteiger partial charge in [0.2, 0.25) is 0 Å². The standard InChI is InChI=1S/C14H15NO3S/c16-13(15-8-14(17)5-6-19-9-14)12-7-10-3-1-2-4-11(10)18-12/h1-4,7,17H,5-6,8-9H2,(H,15,16). The Morgan fingerprint density at radius 1 is 1.47 bits per heavy atom. The van der Waals surface area contributed by atoms with Crippen LogP contribution in [0.4, 0.5) is 0 Å². The van der Waals surface area contributed by atoms with Crippen molar-refractivity contribution in [2.75, 3.05) is 18.1 Å². The number of hydrogen-bond acceptors (Lipinski definition) is 4. The van der Waals surface area contributed by atoms with Gasteiger partial charge in [-0.15, -0.1) is 0 Å². The Bertz CT molecular complexity index is 569. The fourth-order valence-electron chi connectivity index (χ4n) is 2.16.